The molecule has 2 amide bonds. The number of para-hydroxylation sites is 1. The van der Waals surface area contributed by atoms with E-state index >= 15 is 0 Å². The Kier molecular flexibility index (Phi) is 6.55. The second kappa shape index (κ2) is 9.46. The lowest BCUT2D eigenvalue weighted by molar-refractivity contribution is -0.128. The number of anilines is 1. The lowest BCUT2D eigenvalue weighted by atomic mass is 10.0. The monoisotopic (exact) mass is 507 g/mol. The summed E-state index contributed by atoms with van der Waals surface area (Å²) >= 11 is 0. The molecule has 4 rings (SSSR count). The van der Waals surface area contributed by atoms with Gasteiger partial charge < -0.3 is 20.3 Å². The van der Waals surface area contributed by atoms with E-state index in [0.717, 1.165) is 6.07 Å². The van der Waals surface area contributed by atoms with Crippen molar-refractivity contribution in [2.75, 3.05) is 19.4 Å². The topological polar surface area (TPSA) is 137 Å². The molecule has 0 aliphatic carbocycles. The highest BCUT2D eigenvalue weighted by atomic mass is 32.2. The molecule has 1 aliphatic heterocycles. The van der Waals surface area contributed by atoms with E-state index in [9.17, 15) is 27.9 Å². The fourth-order valence-electron chi connectivity index (χ4n) is 4.21. The van der Waals surface area contributed by atoms with E-state index in [-0.39, 0.29) is 40.0 Å². The predicted octanol–water partition coefficient (Wildman–Crippen LogP) is 3.37. The number of amides is 2. The number of rotatable bonds is 7. The molecule has 2 aromatic carbocycles. The van der Waals surface area contributed by atoms with Gasteiger partial charge in [-0.1, -0.05) is 24.3 Å². The Hall–Kier alpha value is -4.18. The average Bonchev–Trinajstić information content (AvgIpc) is 3.33. The van der Waals surface area contributed by atoms with Crippen molar-refractivity contribution in [3.8, 4) is 0 Å². The minimum absolute atomic E-state index is 0.0323. The summed E-state index contributed by atoms with van der Waals surface area (Å²) in [5, 5.41) is 12.1. The summed E-state index contributed by atoms with van der Waals surface area (Å²) in [5.41, 5.74) is 2.62. The molecule has 0 unspecified atom stereocenters. The first-order valence-electron chi connectivity index (χ1n) is 11.1. The molecule has 10 heteroatoms. The lowest BCUT2D eigenvalue weighted by Crippen LogP contribution is -2.22. The summed E-state index contributed by atoms with van der Waals surface area (Å²) < 4.78 is 27.5. The van der Waals surface area contributed by atoms with Gasteiger partial charge in [-0.15, -0.1) is 0 Å². The van der Waals surface area contributed by atoms with Crippen LogP contribution in [-0.4, -0.2) is 55.3 Å². The number of nitrogens with one attached hydrogen (secondary N) is 2. The standard InChI is InChI=1S/C26H25N3O6S/c1-15-24(36(34,35)17-8-6-7-16(13-17)26(32)33)19(11-12-23(30)29(2)3)22(27-15)14-20-18-9-4-5-10-21(18)28-25(20)31/h4-10,13-14,27H,11-12H2,1-3H3,(H,28,31)(H,32,33). The van der Waals surface area contributed by atoms with Gasteiger partial charge in [0.1, 0.15) is 0 Å². The van der Waals surface area contributed by atoms with Crippen molar-refractivity contribution in [1.82, 2.24) is 9.88 Å². The van der Waals surface area contributed by atoms with Crippen LogP contribution < -0.4 is 5.32 Å². The summed E-state index contributed by atoms with van der Waals surface area (Å²) in [4.78, 5) is 40.8. The number of H-pyrrole nitrogens is 1. The van der Waals surface area contributed by atoms with Crippen molar-refractivity contribution >= 4 is 45.0 Å². The van der Waals surface area contributed by atoms with Crippen LogP contribution in [0.5, 0.6) is 0 Å². The fourth-order valence-corrected chi connectivity index (χ4v) is 5.98. The smallest absolute Gasteiger partial charge is 0.335 e. The van der Waals surface area contributed by atoms with Crippen molar-refractivity contribution in [2.45, 2.75) is 29.6 Å². The first-order valence-corrected chi connectivity index (χ1v) is 12.6. The Balaban J connectivity index is 1.89. The summed E-state index contributed by atoms with van der Waals surface area (Å²) in [7, 11) is -0.934. The third-order valence-corrected chi connectivity index (χ3v) is 7.97. The maximum absolute atomic E-state index is 13.7. The van der Waals surface area contributed by atoms with Crippen LogP contribution in [0.4, 0.5) is 5.69 Å². The number of sulfone groups is 1. The number of aromatic carboxylic acids is 1. The molecule has 2 heterocycles. The van der Waals surface area contributed by atoms with Crippen LogP contribution in [0.3, 0.4) is 0 Å². The van der Waals surface area contributed by atoms with Gasteiger partial charge in [0.05, 0.1) is 20.9 Å². The zero-order valence-corrected chi connectivity index (χ0v) is 20.8. The molecule has 0 spiro atoms. The molecule has 186 valence electrons. The van der Waals surface area contributed by atoms with Gasteiger partial charge in [-0.05, 0) is 49.2 Å². The highest BCUT2D eigenvalue weighted by molar-refractivity contribution is 7.91. The number of carbonyl (C=O) groups excluding carboxylic acids is 2. The lowest BCUT2D eigenvalue weighted by Gasteiger charge is -2.12. The molecular formula is C26H25N3O6S. The highest BCUT2D eigenvalue weighted by Crippen LogP contribution is 2.36. The number of hydrogen-bond donors (Lipinski definition) is 3. The number of fused-ring (bicyclic) bond motifs is 1. The maximum atomic E-state index is 13.7. The van der Waals surface area contributed by atoms with Crippen molar-refractivity contribution in [1.29, 1.82) is 0 Å². The molecule has 0 saturated heterocycles. The van der Waals surface area contributed by atoms with Gasteiger partial charge in [0, 0.05) is 43.2 Å². The Bertz CT molecular complexity index is 1530. The Morgan fingerprint density at radius 3 is 2.50 bits per heavy atom. The number of carboxylic acid groups (broad SMARTS) is 1. The van der Waals surface area contributed by atoms with Gasteiger partial charge in [-0.25, -0.2) is 13.2 Å². The molecule has 3 N–H and O–H groups in total. The number of aryl methyl sites for hydroxylation is 1. The largest absolute Gasteiger partial charge is 0.478 e. The van der Waals surface area contributed by atoms with E-state index in [0.29, 0.717) is 33.8 Å². The van der Waals surface area contributed by atoms with Gasteiger partial charge in [-0.3, -0.25) is 9.59 Å². The minimum atomic E-state index is -4.16. The van der Waals surface area contributed by atoms with E-state index in [2.05, 4.69) is 10.3 Å². The summed E-state index contributed by atoms with van der Waals surface area (Å²) in [6, 6.07) is 12.3. The molecule has 9 nitrogen and oxygen atoms in total. The molecule has 0 fully saturated rings. The predicted molar refractivity (Wildman–Crippen MR) is 134 cm³/mol. The number of aromatic nitrogens is 1. The maximum Gasteiger partial charge on any atom is 0.335 e. The van der Waals surface area contributed by atoms with Crippen LogP contribution in [0.1, 0.15) is 39.3 Å². The molecular weight excluding hydrogens is 482 g/mol. The van der Waals surface area contributed by atoms with Crippen LogP contribution >= 0.6 is 0 Å². The number of carboxylic acids is 1. The zero-order valence-electron chi connectivity index (χ0n) is 20.0. The molecule has 36 heavy (non-hydrogen) atoms. The van der Waals surface area contributed by atoms with Gasteiger partial charge >= 0.3 is 5.97 Å². The van der Waals surface area contributed by atoms with E-state index in [1.54, 1.807) is 51.4 Å². The molecule has 3 aromatic rings. The number of hydrogen-bond acceptors (Lipinski definition) is 5. The van der Waals surface area contributed by atoms with E-state index in [1.165, 1.54) is 23.1 Å². The SMILES string of the molecule is Cc1[nH]c(C=C2C(=O)Nc3ccccc32)c(CCC(=O)N(C)C)c1S(=O)(=O)c1cccc(C(=O)O)c1. The molecule has 0 bridgehead atoms. The summed E-state index contributed by atoms with van der Waals surface area (Å²) in [6.07, 6.45) is 1.73. The van der Waals surface area contributed by atoms with E-state index in [1.807, 2.05) is 0 Å². The van der Waals surface area contributed by atoms with Crippen molar-refractivity contribution in [2.24, 2.45) is 0 Å². The molecule has 0 saturated carbocycles. The van der Waals surface area contributed by atoms with Crippen LogP contribution in [0, 0.1) is 6.92 Å². The molecule has 1 aromatic heterocycles. The minimum Gasteiger partial charge on any atom is -0.478 e. The zero-order chi connectivity index (χ0) is 26.2. The van der Waals surface area contributed by atoms with Crippen LogP contribution in [0.15, 0.2) is 58.3 Å². The van der Waals surface area contributed by atoms with Crippen molar-refractivity contribution in [3.05, 3.63) is 76.6 Å². The van der Waals surface area contributed by atoms with Crippen LogP contribution in [0.2, 0.25) is 0 Å². The van der Waals surface area contributed by atoms with Crippen LogP contribution in [0.25, 0.3) is 11.6 Å². The Morgan fingerprint density at radius 2 is 1.81 bits per heavy atom. The normalized spacial score (nSPS) is 14.0. The quantitative estimate of drug-likeness (QED) is 0.420. The van der Waals surface area contributed by atoms with Crippen LogP contribution in [-0.2, 0) is 25.8 Å². The van der Waals surface area contributed by atoms with Crippen molar-refractivity contribution in [3.63, 3.8) is 0 Å². The second-order valence-electron chi connectivity index (χ2n) is 8.65. The molecule has 0 atom stereocenters. The third kappa shape index (κ3) is 4.55. The van der Waals surface area contributed by atoms with Gasteiger partial charge in [0.2, 0.25) is 15.7 Å². The first-order chi connectivity index (χ1) is 17.0. The Labute approximate surface area is 208 Å². The van der Waals surface area contributed by atoms with Crippen molar-refractivity contribution < 1.29 is 27.9 Å². The van der Waals surface area contributed by atoms with Gasteiger partial charge in [0.15, 0.2) is 0 Å². The second-order valence-corrected chi connectivity index (χ2v) is 10.5. The summed E-state index contributed by atoms with van der Waals surface area (Å²) in [6.45, 7) is 1.59. The number of carbonyl (C=O) groups is 3. The third-order valence-electron chi connectivity index (χ3n) is 6.01. The highest BCUT2D eigenvalue weighted by Gasteiger charge is 2.30. The first kappa shape index (κ1) is 24.9. The fraction of sp³-hybridized carbons (Fsp3) is 0.192. The van der Waals surface area contributed by atoms with E-state index < -0.39 is 15.8 Å². The van der Waals surface area contributed by atoms with Gasteiger partial charge in [0.25, 0.3) is 5.91 Å². The summed E-state index contributed by atoms with van der Waals surface area (Å²) in [5.74, 6) is -1.75. The van der Waals surface area contributed by atoms with Gasteiger partial charge in [-0.2, -0.15) is 0 Å². The molecule has 0 radical (unpaired) electrons. The van der Waals surface area contributed by atoms with E-state index in [4.69, 9.17) is 0 Å². The number of nitrogens with zero attached hydrogens (tertiary/aromatic N) is 1. The Morgan fingerprint density at radius 1 is 1.08 bits per heavy atom. The molecule has 1 aliphatic rings. The number of aromatic amines is 1. The number of benzene rings is 2. The average molecular weight is 508 g/mol.